The summed E-state index contributed by atoms with van der Waals surface area (Å²) in [6.45, 7) is 0.301. The van der Waals surface area contributed by atoms with Gasteiger partial charge in [-0.2, -0.15) is 0 Å². The minimum absolute atomic E-state index is 0.297. The number of carbonyl (C=O) groups is 1. The van der Waals surface area contributed by atoms with E-state index in [1.54, 1.807) is 47.1 Å². The van der Waals surface area contributed by atoms with E-state index in [4.69, 9.17) is 0 Å². The highest BCUT2D eigenvalue weighted by Gasteiger charge is 2.17. The van der Waals surface area contributed by atoms with Gasteiger partial charge in [-0.15, -0.1) is 10.2 Å². The number of halogens is 1. The van der Waals surface area contributed by atoms with E-state index in [0.29, 0.717) is 29.1 Å². The molecule has 0 aliphatic carbocycles. The summed E-state index contributed by atoms with van der Waals surface area (Å²) in [4.78, 5) is 16.7. The highest BCUT2D eigenvalue weighted by molar-refractivity contribution is 5.99. The first-order chi connectivity index (χ1) is 12.7. The fourth-order valence-corrected chi connectivity index (χ4v) is 2.69. The largest absolute Gasteiger partial charge is 0.346 e. The normalized spacial score (nSPS) is 10.8. The number of aromatic nitrogens is 4. The monoisotopic (exact) mass is 347 g/mol. The van der Waals surface area contributed by atoms with Crippen molar-refractivity contribution in [2.24, 2.45) is 0 Å². The molecule has 3 aromatic heterocycles. The van der Waals surface area contributed by atoms with E-state index in [9.17, 15) is 9.18 Å². The highest BCUT2D eigenvalue weighted by atomic mass is 19.1. The quantitative estimate of drug-likeness (QED) is 0.616. The number of benzene rings is 1. The van der Waals surface area contributed by atoms with Crippen molar-refractivity contribution in [3.8, 4) is 11.4 Å². The standard InChI is InChI=1S/C19H14FN5O/c20-16-9-2-1-7-14(16)17-23-24-18-15(8-5-11-25(17)18)19(26)22-12-13-6-3-4-10-21-13/h1-11H,12H2,(H,22,26). The Labute approximate surface area is 148 Å². The summed E-state index contributed by atoms with van der Waals surface area (Å²) < 4.78 is 15.7. The number of nitrogens with one attached hydrogen (secondary N) is 1. The Kier molecular flexibility index (Phi) is 4.10. The number of rotatable bonds is 4. The van der Waals surface area contributed by atoms with Gasteiger partial charge in [-0.3, -0.25) is 14.2 Å². The lowest BCUT2D eigenvalue weighted by atomic mass is 10.2. The molecule has 1 amide bonds. The van der Waals surface area contributed by atoms with Gasteiger partial charge >= 0.3 is 0 Å². The second kappa shape index (κ2) is 6.72. The second-order valence-corrected chi connectivity index (χ2v) is 5.62. The van der Waals surface area contributed by atoms with Gasteiger partial charge < -0.3 is 5.32 Å². The number of pyridine rings is 2. The lowest BCUT2D eigenvalue weighted by Gasteiger charge is -2.06. The maximum atomic E-state index is 14.1. The molecule has 6 nitrogen and oxygen atoms in total. The van der Waals surface area contributed by atoms with Crippen LogP contribution >= 0.6 is 0 Å². The molecule has 0 aliphatic heterocycles. The first-order valence-electron chi connectivity index (χ1n) is 8.01. The topological polar surface area (TPSA) is 72.2 Å². The number of carbonyl (C=O) groups excluding carboxylic acids is 1. The molecule has 128 valence electrons. The summed E-state index contributed by atoms with van der Waals surface area (Å²) in [6.07, 6.45) is 3.37. The number of fused-ring (bicyclic) bond motifs is 1. The SMILES string of the molecule is O=C(NCc1ccccn1)c1cccn2c(-c3ccccc3F)nnc12. The molecule has 0 fully saturated rings. The first kappa shape index (κ1) is 15.9. The molecule has 3 heterocycles. The van der Waals surface area contributed by atoms with Crippen LogP contribution in [0.4, 0.5) is 4.39 Å². The summed E-state index contributed by atoms with van der Waals surface area (Å²) >= 11 is 0. The van der Waals surface area contributed by atoms with E-state index in [1.807, 2.05) is 18.2 Å². The van der Waals surface area contributed by atoms with Crippen LogP contribution in [0.3, 0.4) is 0 Å². The van der Waals surface area contributed by atoms with E-state index in [2.05, 4.69) is 20.5 Å². The number of hydrogen-bond acceptors (Lipinski definition) is 4. The number of nitrogens with zero attached hydrogens (tertiary/aromatic N) is 4. The predicted octanol–water partition coefficient (Wildman–Crippen LogP) is 2.86. The van der Waals surface area contributed by atoms with Gasteiger partial charge in [0.2, 0.25) is 0 Å². The maximum absolute atomic E-state index is 14.1. The minimum Gasteiger partial charge on any atom is -0.346 e. The zero-order valence-corrected chi connectivity index (χ0v) is 13.6. The first-order valence-corrected chi connectivity index (χ1v) is 8.01. The van der Waals surface area contributed by atoms with Crippen LogP contribution in [0.15, 0.2) is 67.0 Å². The molecule has 7 heteroatoms. The van der Waals surface area contributed by atoms with Crippen molar-refractivity contribution in [2.75, 3.05) is 0 Å². The van der Waals surface area contributed by atoms with Crippen molar-refractivity contribution in [1.82, 2.24) is 24.9 Å². The van der Waals surface area contributed by atoms with Crippen LogP contribution in [0.25, 0.3) is 17.0 Å². The van der Waals surface area contributed by atoms with Crippen molar-refractivity contribution in [3.63, 3.8) is 0 Å². The Morgan fingerprint density at radius 3 is 2.69 bits per heavy atom. The maximum Gasteiger partial charge on any atom is 0.255 e. The summed E-state index contributed by atoms with van der Waals surface area (Å²) in [7, 11) is 0. The molecular formula is C19H14FN5O. The van der Waals surface area contributed by atoms with Crippen LogP contribution in [0.1, 0.15) is 16.1 Å². The molecule has 0 saturated heterocycles. The Hall–Kier alpha value is -3.61. The molecule has 1 N–H and O–H groups in total. The number of hydrogen-bond donors (Lipinski definition) is 1. The van der Waals surface area contributed by atoms with Gasteiger partial charge in [0.05, 0.1) is 23.4 Å². The van der Waals surface area contributed by atoms with Crippen LogP contribution in [0.5, 0.6) is 0 Å². The lowest BCUT2D eigenvalue weighted by Crippen LogP contribution is -2.24. The van der Waals surface area contributed by atoms with Gasteiger partial charge in [0, 0.05) is 12.4 Å². The lowest BCUT2D eigenvalue weighted by molar-refractivity contribution is 0.0951. The molecule has 0 bridgehead atoms. The Balaban J connectivity index is 1.67. The van der Waals surface area contributed by atoms with Crippen molar-refractivity contribution in [1.29, 1.82) is 0 Å². The average molecular weight is 347 g/mol. The zero-order chi connectivity index (χ0) is 17.9. The molecule has 0 radical (unpaired) electrons. The van der Waals surface area contributed by atoms with Gasteiger partial charge in [-0.25, -0.2) is 4.39 Å². The van der Waals surface area contributed by atoms with Crippen molar-refractivity contribution in [3.05, 3.63) is 84.1 Å². The fraction of sp³-hybridized carbons (Fsp3) is 0.0526. The Morgan fingerprint density at radius 1 is 1.04 bits per heavy atom. The molecular weight excluding hydrogens is 333 g/mol. The Morgan fingerprint density at radius 2 is 1.88 bits per heavy atom. The van der Waals surface area contributed by atoms with Crippen molar-refractivity contribution in [2.45, 2.75) is 6.54 Å². The van der Waals surface area contributed by atoms with E-state index in [1.165, 1.54) is 6.07 Å². The van der Waals surface area contributed by atoms with E-state index in [0.717, 1.165) is 5.69 Å². The Bertz CT molecular complexity index is 1080. The summed E-state index contributed by atoms with van der Waals surface area (Å²) in [5.41, 5.74) is 1.80. The van der Waals surface area contributed by atoms with Crippen LogP contribution in [-0.2, 0) is 6.54 Å². The summed E-state index contributed by atoms with van der Waals surface area (Å²) in [6, 6.07) is 15.2. The van der Waals surface area contributed by atoms with E-state index in [-0.39, 0.29) is 5.91 Å². The third-order valence-electron chi connectivity index (χ3n) is 3.95. The molecule has 0 aliphatic rings. The van der Waals surface area contributed by atoms with Gasteiger partial charge in [0.15, 0.2) is 11.5 Å². The van der Waals surface area contributed by atoms with Gasteiger partial charge in [0.1, 0.15) is 5.82 Å². The predicted molar refractivity (Wildman–Crippen MR) is 93.8 cm³/mol. The summed E-state index contributed by atoms with van der Waals surface area (Å²) in [5, 5.41) is 11.0. The molecule has 26 heavy (non-hydrogen) atoms. The van der Waals surface area contributed by atoms with Gasteiger partial charge in [-0.05, 0) is 36.4 Å². The summed E-state index contributed by atoms with van der Waals surface area (Å²) in [5.74, 6) is -0.349. The van der Waals surface area contributed by atoms with Crippen LogP contribution in [0.2, 0.25) is 0 Å². The second-order valence-electron chi connectivity index (χ2n) is 5.62. The van der Waals surface area contributed by atoms with E-state index < -0.39 is 5.82 Å². The van der Waals surface area contributed by atoms with E-state index >= 15 is 0 Å². The van der Waals surface area contributed by atoms with Crippen LogP contribution in [0, 0.1) is 5.82 Å². The third-order valence-corrected chi connectivity index (χ3v) is 3.95. The molecule has 1 aromatic carbocycles. The van der Waals surface area contributed by atoms with Crippen LogP contribution in [-0.4, -0.2) is 25.5 Å². The number of amides is 1. The zero-order valence-electron chi connectivity index (χ0n) is 13.6. The van der Waals surface area contributed by atoms with Crippen molar-refractivity contribution < 1.29 is 9.18 Å². The molecule has 4 rings (SSSR count). The molecule has 0 unspecified atom stereocenters. The molecule has 0 saturated carbocycles. The van der Waals surface area contributed by atoms with Gasteiger partial charge in [-0.1, -0.05) is 18.2 Å². The molecule has 0 spiro atoms. The van der Waals surface area contributed by atoms with Crippen LogP contribution < -0.4 is 5.32 Å². The van der Waals surface area contributed by atoms with Crippen molar-refractivity contribution >= 4 is 11.6 Å². The molecule has 4 aromatic rings. The average Bonchev–Trinajstić information content (AvgIpc) is 3.11. The molecule has 0 atom stereocenters. The van der Waals surface area contributed by atoms with Gasteiger partial charge in [0.25, 0.3) is 5.91 Å². The highest BCUT2D eigenvalue weighted by Crippen LogP contribution is 2.22. The third kappa shape index (κ3) is 2.90. The minimum atomic E-state index is -0.396. The fourth-order valence-electron chi connectivity index (χ4n) is 2.69. The smallest absolute Gasteiger partial charge is 0.255 e.